The van der Waals surface area contributed by atoms with E-state index in [1.807, 2.05) is 0 Å². The minimum Gasteiger partial charge on any atom is -0.327 e. The zero-order chi connectivity index (χ0) is 9.40. The second-order valence-electron chi connectivity index (χ2n) is 3.39. The highest BCUT2D eigenvalue weighted by Gasteiger charge is 2.05. The fourth-order valence-corrected chi connectivity index (χ4v) is 1.37. The number of nitrogens with two attached hydrogens (primary N) is 1. The monoisotopic (exact) mass is 172 g/mol. The topological polar surface area (TPSA) is 29.3 Å². The molecule has 0 heterocycles. The van der Waals surface area contributed by atoms with Crippen LogP contribution in [0.15, 0.2) is 0 Å². The maximum atomic E-state index is 5.97. The van der Waals surface area contributed by atoms with Crippen molar-refractivity contribution in [1.29, 1.82) is 0 Å². The van der Waals surface area contributed by atoms with Crippen LogP contribution in [-0.4, -0.2) is 30.6 Å². The molecule has 0 rings (SSSR count). The van der Waals surface area contributed by atoms with E-state index in [1.165, 1.54) is 19.3 Å². The van der Waals surface area contributed by atoms with Crippen LogP contribution in [0.5, 0.6) is 0 Å². The second kappa shape index (κ2) is 7.56. The number of hydrogen-bond acceptors (Lipinski definition) is 2. The highest BCUT2D eigenvalue weighted by molar-refractivity contribution is 4.66. The molecule has 0 aliphatic heterocycles. The predicted molar refractivity (Wildman–Crippen MR) is 55.3 cm³/mol. The Bertz CT molecular complexity index is 89.8. The van der Waals surface area contributed by atoms with Gasteiger partial charge in [0.1, 0.15) is 0 Å². The number of unbranched alkanes of at least 4 members (excludes halogenated alkanes) is 1. The van der Waals surface area contributed by atoms with Gasteiger partial charge in [0, 0.05) is 12.6 Å². The Balaban J connectivity index is 3.44. The van der Waals surface area contributed by atoms with Gasteiger partial charge in [-0.2, -0.15) is 0 Å². The first-order valence-corrected chi connectivity index (χ1v) is 5.22. The third-order valence-corrected chi connectivity index (χ3v) is 2.32. The number of likely N-dealkylation sites (N-methyl/N-ethyl adjacent to an activating group) is 1. The number of nitrogens with zero attached hydrogens (tertiary/aromatic N) is 1. The molecule has 0 fully saturated rings. The van der Waals surface area contributed by atoms with E-state index in [1.54, 1.807) is 0 Å². The van der Waals surface area contributed by atoms with Gasteiger partial charge in [0.2, 0.25) is 0 Å². The van der Waals surface area contributed by atoms with Crippen LogP contribution < -0.4 is 5.73 Å². The van der Waals surface area contributed by atoms with Crippen LogP contribution in [0.1, 0.15) is 40.0 Å². The lowest BCUT2D eigenvalue weighted by atomic mass is 10.1. The molecule has 2 heteroatoms. The fourth-order valence-electron chi connectivity index (χ4n) is 1.37. The molecule has 0 aromatic heterocycles. The van der Waals surface area contributed by atoms with E-state index in [2.05, 4.69) is 25.7 Å². The highest BCUT2D eigenvalue weighted by atomic mass is 15.1. The van der Waals surface area contributed by atoms with Crippen LogP contribution in [0.4, 0.5) is 0 Å². The van der Waals surface area contributed by atoms with Crippen LogP contribution >= 0.6 is 0 Å². The van der Waals surface area contributed by atoms with Crippen molar-refractivity contribution in [3.63, 3.8) is 0 Å². The van der Waals surface area contributed by atoms with Crippen molar-refractivity contribution in [2.24, 2.45) is 5.73 Å². The molecule has 0 spiro atoms. The van der Waals surface area contributed by atoms with E-state index in [9.17, 15) is 0 Å². The maximum Gasteiger partial charge on any atom is 0.0167 e. The summed E-state index contributed by atoms with van der Waals surface area (Å²) in [5.74, 6) is 0. The summed E-state index contributed by atoms with van der Waals surface area (Å²) in [7, 11) is 0. The van der Waals surface area contributed by atoms with Gasteiger partial charge < -0.3 is 10.6 Å². The lowest BCUT2D eigenvalue weighted by Gasteiger charge is -2.22. The SMILES string of the molecule is CCCCC(N)CN(CC)CC. The van der Waals surface area contributed by atoms with Crippen molar-refractivity contribution >= 4 is 0 Å². The zero-order valence-electron chi connectivity index (χ0n) is 8.84. The largest absolute Gasteiger partial charge is 0.327 e. The van der Waals surface area contributed by atoms with Crippen molar-refractivity contribution in [2.75, 3.05) is 19.6 Å². The molecule has 1 unspecified atom stereocenters. The molecule has 0 amide bonds. The lowest BCUT2D eigenvalue weighted by molar-refractivity contribution is 0.276. The zero-order valence-corrected chi connectivity index (χ0v) is 8.84. The molecule has 0 aromatic carbocycles. The molecule has 1 atom stereocenters. The molecular formula is C10H24N2. The van der Waals surface area contributed by atoms with Gasteiger partial charge in [0.15, 0.2) is 0 Å². The summed E-state index contributed by atoms with van der Waals surface area (Å²) in [5, 5.41) is 0. The molecule has 0 aliphatic rings. The lowest BCUT2D eigenvalue weighted by Crippen LogP contribution is -2.37. The number of hydrogen-bond donors (Lipinski definition) is 1. The maximum absolute atomic E-state index is 5.97. The normalized spacial score (nSPS) is 13.8. The Hall–Kier alpha value is -0.0800. The standard InChI is InChI=1S/C10H24N2/c1-4-7-8-10(11)9-12(5-2)6-3/h10H,4-9,11H2,1-3H3. The van der Waals surface area contributed by atoms with E-state index in [0.717, 1.165) is 19.6 Å². The van der Waals surface area contributed by atoms with Crippen LogP contribution in [-0.2, 0) is 0 Å². The Labute approximate surface area is 77.1 Å². The van der Waals surface area contributed by atoms with Crippen molar-refractivity contribution in [3.05, 3.63) is 0 Å². The van der Waals surface area contributed by atoms with E-state index in [0.29, 0.717) is 6.04 Å². The minimum atomic E-state index is 0.379. The fraction of sp³-hybridized carbons (Fsp3) is 1.00. The summed E-state index contributed by atoms with van der Waals surface area (Å²) in [6.07, 6.45) is 3.70. The third kappa shape index (κ3) is 5.56. The molecule has 0 bridgehead atoms. The van der Waals surface area contributed by atoms with E-state index >= 15 is 0 Å². The van der Waals surface area contributed by atoms with Crippen molar-refractivity contribution in [1.82, 2.24) is 4.90 Å². The van der Waals surface area contributed by atoms with E-state index in [-0.39, 0.29) is 0 Å². The minimum absolute atomic E-state index is 0.379. The molecule has 74 valence electrons. The molecule has 0 saturated carbocycles. The Kier molecular flexibility index (Phi) is 7.51. The summed E-state index contributed by atoms with van der Waals surface area (Å²) in [5.41, 5.74) is 5.97. The average molecular weight is 172 g/mol. The summed E-state index contributed by atoms with van der Waals surface area (Å²) in [6, 6.07) is 0.379. The molecular weight excluding hydrogens is 148 g/mol. The molecule has 0 aromatic rings. The first-order valence-electron chi connectivity index (χ1n) is 5.22. The average Bonchev–Trinajstić information content (AvgIpc) is 2.10. The van der Waals surface area contributed by atoms with E-state index in [4.69, 9.17) is 5.73 Å². The van der Waals surface area contributed by atoms with Gasteiger partial charge in [0.05, 0.1) is 0 Å². The number of rotatable bonds is 7. The second-order valence-corrected chi connectivity index (χ2v) is 3.39. The van der Waals surface area contributed by atoms with E-state index < -0.39 is 0 Å². The van der Waals surface area contributed by atoms with Gasteiger partial charge in [-0.25, -0.2) is 0 Å². The third-order valence-electron chi connectivity index (χ3n) is 2.32. The van der Waals surface area contributed by atoms with Crippen molar-refractivity contribution < 1.29 is 0 Å². The Morgan fingerprint density at radius 1 is 1.17 bits per heavy atom. The molecule has 0 radical (unpaired) electrons. The highest BCUT2D eigenvalue weighted by Crippen LogP contribution is 2.00. The van der Waals surface area contributed by atoms with Crippen LogP contribution in [0.2, 0.25) is 0 Å². The summed E-state index contributed by atoms with van der Waals surface area (Å²) in [6.45, 7) is 9.90. The summed E-state index contributed by atoms with van der Waals surface area (Å²) < 4.78 is 0. The molecule has 2 N–H and O–H groups in total. The molecule has 12 heavy (non-hydrogen) atoms. The smallest absolute Gasteiger partial charge is 0.0167 e. The van der Waals surface area contributed by atoms with Gasteiger partial charge in [-0.3, -0.25) is 0 Å². The Morgan fingerprint density at radius 3 is 2.17 bits per heavy atom. The predicted octanol–water partition coefficient (Wildman–Crippen LogP) is 1.85. The molecule has 2 nitrogen and oxygen atoms in total. The van der Waals surface area contributed by atoms with Gasteiger partial charge >= 0.3 is 0 Å². The van der Waals surface area contributed by atoms with Gasteiger partial charge in [0.25, 0.3) is 0 Å². The summed E-state index contributed by atoms with van der Waals surface area (Å²) >= 11 is 0. The quantitative estimate of drug-likeness (QED) is 0.635. The first kappa shape index (κ1) is 11.9. The molecule has 0 aliphatic carbocycles. The van der Waals surface area contributed by atoms with Gasteiger partial charge in [-0.05, 0) is 19.5 Å². The van der Waals surface area contributed by atoms with Gasteiger partial charge in [-0.1, -0.05) is 33.6 Å². The van der Waals surface area contributed by atoms with Crippen molar-refractivity contribution in [3.8, 4) is 0 Å². The van der Waals surface area contributed by atoms with Crippen molar-refractivity contribution in [2.45, 2.75) is 46.1 Å². The van der Waals surface area contributed by atoms with Crippen LogP contribution in [0, 0.1) is 0 Å². The van der Waals surface area contributed by atoms with Gasteiger partial charge in [-0.15, -0.1) is 0 Å². The summed E-state index contributed by atoms with van der Waals surface area (Å²) in [4.78, 5) is 2.39. The Morgan fingerprint density at radius 2 is 1.75 bits per heavy atom. The first-order chi connectivity index (χ1) is 5.74. The molecule has 0 saturated heterocycles. The van der Waals surface area contributed by atoms with Crippen LogP contribution in [0.25, 0.3) is 0 Å². The van der Waals surface area contributed by atoms with Crippen LogP contribution in [0.3, 0.4) is 0 Å².